The standard InChI is InChI=1S/C11H8N2S/c1-2-8-3-4-10-9(5-7-12-10)11(8)14-13-6-1/h1-7,13H. The number of hydrogen-bond acceptors (Lipinski definition) is 3. The molecule has 1 N–H and O–H groups in total. The Bertz CT molecular complexity index is 555. The third kappa shape index (κ3) is 1.09. The first-order valence-corrected chi connectivity index (χ1v) is 5.23. The second-order valence-electron chi connectivity index (χ2n) is 3.11. The molecule has 0 saturated carbocycles. The van der Waals surface area contributed by atoms with Crippen LogP contribution in [-0.2, 0) is 0 Å². The highest BCUT2D eigenvalue weighted by Gasteiger charge is 2.08. The van der Waals surface area contributed by atoms with Crippen LogP contribution in [0.5, 0.6) is 0 Å². The Morgan fingerprint density at radius 3 is 3.29 bits per heavy atom. The minimum absolute atomic E-state index is 1.06. The zero-order chi connectivity index (χ0) is 9.38. The van der Waals surface area contributed by atoms with Crippen LogP contribution >= 0.6 is 11.9 Å². The molecule has 14 heavy (non-hydrogen) atoms. The zero-order valence-electron chi connectivity index (χ0n) is 7.40. The van der Waals surface area contributed by atoms with Gasteiger partial charge in [0.05, 0.1) is 5.36 Å². The van der Waals surface area contributed by atoms with Crippen molar-refractivity contribution in [3.63, 3.8) is 0 Å². The summed E-state index contributed by atoms with van der Waals surface area (Å²) in [6.07, 6.45) is 9.97. The predicted molar refractivity (Wildman–Crippen MR) is 58.9 cm³/mol. The molecule has 3 rings (SSSR count). The van der Waals surface area contributed by atoms with Gasteiger partial charge in [0, 0.05) is 22.9 Å². The van der Waals surface area contributed by atoms with E-state index in [4.69, 9.17) is 0 Å². The lowest BCUT2D eigenvalue weighted by Crippen LogP contribution is -2.15. The zero-order valence-corrected chi connectivity index (χ0v) is 8.21. The van der Waals surface area contributed by atoms with E-state index in [2.05, 4.69) is 34.0 Å². The molecule has 0 spiro atoms. The van der Waals surface area contributed by atoms with Gasteiger partial charge in [0.2, 0.25) is 0 Å². The highest BCUT2D eigenvalue weighted by molar-refractivity contribution is 7.97. The summed E-state index contributed by atoms with van der Waals surface area (Å²) in [6, 6.07) is 4.17. The smallest absolute Gasteiger partial charge is 0.0714 e. The van der Waals surface area contributed by atoms with Crippen molar-refractivity contribution in [1.29, 1.82) is 0 Å². The lowest BCUT2D eigenvalue weighted by atomic mass is 10.2. The van der Waals surface area contributed by atoms with E-state index in [1.165, 1.54) is 15.7 Å². The Hall–Kier alpha value is -1.48. The molecule has 0 fully saturated rings. The minimum Gasteiger partial charge on any atom is -0.332 e. The molecule has 1 aromatic rings. The summed E-state index contributed by atoms with van der Waals surface area (Å²) in [7, 11) is 0. The quantitative estimate of drug-likeness (QED) is 0.636. The van der Waals surface area contributed by atoms with Gasteiger partial charge >= 0.3 is 0 Å². The Balaban J connectivity index is 2.39. The number of hydrogen-bond donors (Lipinski definition) is 1. The molecular formula is C11H8N2S. The number of fused-ring (bicyclic) bond motifs is 3. The van der Waals surface area contributed by atoms with Crippen molar-refractivity contribution in [2.45, 2.75) is 4.90 Å². The molecule has 2 aliphatic rings. The topological polar surface area (TPSA) is 24.4 Å². The predicted octanol–water partition coefficient (Wildman–Crippen LogP) is 1.19. The summed E-state index contributed by atoms with van der Waals surface area (Å²) in [5.74, 6) is 0. The van der Waals surface area contributed by atoms with Gasteiger partial charge < -0.3 is 4.72 Å². The molecule has 0 atom stereocenters. The highest BCUT2D eigenvalue weighted by atomic mass is 32.2. The molecule has 2 heterocycles. The van der Waals surface area contributed by atoms with E-state index in [0.29, 0.717) is 0 Å². The van der Waals surface area contributed by atoms with Crippen molar-refractivity contribution in [2.24, 2.45) is 4.99 Å². The van der Waals surface area contributed by atoms with E-state index in [1.807, 2.05) is 18.5 Å². The van der Waals surface area contributed by atoms with Gasteiger partial charge in [-0.2, -0.15) is 0 Å². The van der Waals surface area contributed by atoms with Crippen molar-refractivity contribution in [3.05, 3.63) is 46.7 Å². The molecule has 0 aliphatic carbocycles. The van der Waals surface area contributed by atoms with E-state index in [0.717, 1.165) is 5.36 Å². The number of nitrogens with zero attached hydrogens (tertiary/aromatic N) is 1. The van der Waals surface area contributed by atoms with Crippen LogP contribution in [0.25, 0.3) is 12.2 Å². The first-order chi connectivity index (χ1) is 6.95. The fraction of sp³-hybridized carbons (Fsp3) is 0. The molecule has 0 saturated heterocycles. The normalized spacial score (nSPS) is 16.0. The van der Waals surface area contributed by atoms with Gasteiger partial charge in [0.1, 0.15) is 0 Å². The molecule has 2 nitrogen and oxygen atoms in total. The van der Waals surface area contributed by atoms with Gasteiger partial charge in [-0.25, -0.2) is 0 Å². The van der Waals surface area contributed by atoms with Gasteiger partial charge in [-0.3, -0.25) is 4.99 Å². The highest BCUT2D eigenvalue weighted by Crippen LogP contribution is 2.17. The Labute approximate surface area is 85.9 Å². The molecule has 2 aliphatic heterocycles. The van der Waals surface area contributed by atoms with Crippen LogP contribution in [0.3, 0.4) is 0 Å². The van der Waals surface area contributed by atoms with Crippen LogP contribution in [0.4, 0.5) is 0 Å². The summed E-state index contributed by atoms with van der Waals surface area (Å²) in [5.41, 5.74) is 1.22. The molecule has 0 radical (unpaired) electrons. The maximum absolute atomic E-state index is 4.28. The van der Waals surface area contributed by atoms with Crippen molar-refractivity contribution >= 4 is 24.1 Å². The van der Waals surface area contributed by atoms with Gasteiger partial charge in [-0.15, -0.1) is 0 Å². The van der Waals surface area contributed by atoms with E-state index >= 15 is 0 Å². The van der Waals surface area contributed by atoms with Crippen molar-refractivity contribution in [2.75, 3.05) is 0 Å². The maximum atomic E-state index is 4.28. The van der Waals surface area contributed by atoms with Gasteiger partial charge in [0.25, 0.3) is 0 Å². The molecule has 0 bridgehead atoms. The lowest BCUT2D eigenvalue weighted by molar-refractivity contribution is 1.26. The molecule has 0 unspecified atom stereocenters. The monoisotopic (exact) mass is 200 g/mol. The van der Waals surface area contributed by atoms with Crippen molar-refractivity contribution in [1.82, 2.24) is 4.72 Å². The van der Waals surface area contributed by atoms with E-state index in [9.17, 15) is 0 Å². The average Bonchev–Trinajstić information content (AvgIpc) is 2.55. The van der Waals surface area contributed by atoms with Crippen LogP contribution in [0.1, 0.15) is 5.56 Å². The summed E-state index contributed by atoms with van der Waals surface area (Å²) in [4.78, 5) is 5.54. The summed E-state index contributed by atoms with van der Waals surface area (Å²) in [5, 5.41) is 2.31. The molecule has 68 valence electrons. The van der Waals surface area contributed by atoms with Crippen LogP contribution in [0.2, 0.25) is 0 Å². The van der Waals surface area contributed by atoms with Crippen LogP contribution in [0, 0.1) is 0 Å². The Morgan fingerprint density at radius 2 is 2.29 bits per heavy atom. The van der Waals surface area contributed by atoms with Gasteiger partial charge in [-0.1, -0.05) is 12.1 Å². The third-order valence-corrected chi connectivity index (χ3v) is 3.17. The summed E-state index contributed by atoms with van der Waals surface area (Å²) in [6.45, 7) is 0. The van der Waals surface area contributed by atoms with E-state index in [-0.39, 0.29) is 0 Å². The molecular weight excluding hydrogens is 192 g/mol. The lowest BCUT2D eigenvalue weighted by Gasteiger charge is -2.02. The summed E-state index contributed by atoms with van der Waals surface area (Å²) >= 11 is 1.64. The number of nitrogens with one attached hydrogen (secondary N) is 1. The van der Waals surface area contributed by atoms with E-state index < -0.39 is 0 Å². The fourth-order valence-electron chi connectivity index (χ4n) is 1.60. The first kappa shape index (κ1) is 7.88. The number of allylic oxidation sites excluding steroid dienone is 1. The second-order valence-corrected chi connectivity index (χ2v) is 3.96. The molecule has 0 aromatic heterocycles. The average molecular weight is 200 g/mol. The summed E-state index contributed by atoms with van der Waals surface area (Å²) < 4.78 is 3.16. The molecule has 1 aromatic carbocycles. The molecule has 0 amide bonds. The largest absolute Gasteiger partial charge is 0.332 e. The van der Waals surface area contributed by atoms with E-state index in [1.54, 1.807) is 11.9 Å². The van der Waals surface area contributed by atoms with Crippen LogP contribution < -0.4 is 15.3 Å². The maximum Gasteiger partial charge on any atom is 0.0714 e. The molecule has 3 heteroatoms. The van der Waals surface area contributed by atoms with Gasteiger partial charge in [-0.05, 0) is 35.4 Å². The number of benzene rings is 1. The minimum atomic E-state index is 1.06. The van der Waals surface area contributed by atoms with Crippen molar-refractivity contribution in [3.8, 4) is 0 Å². The SMILES string of the molecule is C1=CNSc2c3c(ccc2=C1)=NC=C3. The van der Waals surface area contributed by atoms with Crippen molar-refractivity contribution < 1.29 is 0 Å². The first-order valence-electron chi connectivity index (χ1n) is 4.42. The Morgan fingerprint density at radius 1 is 1.29 bits per heavy atom. The fourth-order valence-corrected chi connectivity index (χ4v) is 2.40. The number of rotatable bonds is 0. The third-order valence-electron chi connectivity index (χ3n) is 2.26. The van der Waals surface area contributed by atoms with Gasteiger partial charge in [0.15, 0.2) is 0 Å². The second kappa shape index (κ2) is 3.03. The van der Waals surface area contributed by atoms with Crippen LogP contribution in [0.15, 0.2) is 40.5 Å². The Kier molecular flexibility index (Phi) is 1.70. The van der Waals surface area contributed by atoms with Crippen LogP contribution in [-0.4, -0.2) is 0 Å².